The minimum atomic E-state index is -3.67. The molecule has 1 heterocycles. The molecule has 2 aromatic carbocycles. The van der Waals surface area contributed by atoms with Crippen LogP contribution >= 0.6 is 0 Å². The number of nitrogens with one attached hydrogen (secondary N) is 2. The fraction of sp³-hybridized carbons (Fsp3) is 0.250. The largest absolute Gasteiger partial charge is 0.497 e. The van der Waals surface area contributed by atoms with Gasteiger partial charge in [-0.1, -0.05) is 35.5 Å². The molecule has 33 heavy (non-hydrogen) atoms. The highest BCUT2D eigenvalue weighted by atomic mass is 32.2. The minimum Gasteiger partial charge on any atom is -0.497 e. The molecule has 0 unspecified atom stereocenters. The molecule has 172 valence electrons. The Kier molecular flexibility index (Phi) is 6.62. The number of carbonyl (C=O) groups is 1. The predicted molar refractivity (Wildman–Crippen MR) is 125 cm³/mol. The molecule has 1 amide bonds. The number of amides is 1. The number of benzene rings is 2. The molecule has 1 aliphatic carbocycles. The number of hydrogen-bond donors (Lipinski definition) is 2. The molecule has 2 N–H and O–H groups in total. The van der Waals surface area contributed by atoms with Crippen molar-refractivity contribution in [2.45, 2.75) is 31.2 Å². The minimum absolute atomic E-state index is 0.0213. The summed E-state index contributed by atoms with van der Waals surface area (Å²) in [6.45, 7) is 1.92. The van der Waals surface area contributed by atoms with Gasteiger partial charge in [0.05, 0.1) is 12.0 Å². The second kappa shape index (κ2) is 9.60. The van der Waals surface area contributed by atoms with Gasteiger partial charge < -0.3 is 14.6 Å². The summed E-state index contributed by atoms with van der Waals surface area (Å²) in [5.74, 6) is 1.16. The number of ether oxygens (including phenoxy) is 1. The summed E-state index contributed by atoms with van der Waals surface area (Å²) in [4.78, 5) is 12.2. The Hall–Kier alpha value is -3.43. The van der Waals surface area contributed by atoms with E-state index in [0.29, 0.717) is 22.9 Å². The van der Waals surface area contributed by atoms with Gasteiger partial charge in [0.15, 0.2) is 5.76 Å². The van der Waals surface area contributed by atoms with Crippen LogP contribution in [-0.4, -0.2) is 26.6 Å². The van der Waals surface area contributed by atoms with Gasteiger partial charge in [0, 0.05) is 12.5 Å². The van der Waals surface area contributed by atoms with Crippen LogP contribution in [0, 0.1) is 12.8 Å². The highest BCUT2D eigenvalue weighted by Crippen LogP contribution is 2.32. The molecule has 8 nitrogen and oxygen atoms in total. The number of methoxy groups -OCH3 is 1. The molecule has 0 saturated heterocycles. The molecule has 4 rings (SSSR count). The lowest BCUT2D eigenvalue weighted by Gasteiger charge is -2.08. The van der Waals surface area contributed by atoms with Crippen molar-refractivity contribution < 1.29 is 22.5 Å². The first-order valence-electron chi connectivity index (χ1n) is 10.5. The second-order valence-corrected chi connectivity index (χ2v) is 9.62. The maximum atomic E-state index is 12.6. The molecule has 3 aromatic rings. The van der Waals surface area contributed by atoms with Crippen LogP contribution in [0.2, 0.25) is 0 Å². The normalized spacial score (nSPS) is 13.9. The van der Waals surface area contributed by atoms with E-state index < -0.39 is 10.0 Å². The molecule has 0 spiro atoms. The first-order valence-corrected chi connectivity index (χ1v) is 12.0. The Morgan fingerprint density at radius 1 is 1.18 bits per heavy atom. The van der Waals surface area contributed by atoms with Gasteiger partial charge in [-0.15, -0.1) is 0 Å². The fourth-order valence-corrected chi connectivity index (χ4v) is 4.22. The van der Waals surface area contributed by atoms with E-state index in [9.17, 15) is 13.2 Å². The molecule has 0 radical (unpaired) electrons. The van der Waals surface area contributed by atoms with Crippen LogP contribution in [0.5, 0.6) is 5.75 Å². The van der Waals surface area contributed by atoms with Crippen molar-refractivity contribution in [3.8, 4) is 5.75 Å². The molecule has 1 aromatic heterocycles. The van der Waals surface area contributed by atoms with Crippen LogP contribution in [0.3, 0.4) is 0 Å². The summed E-state index contributed by atoms with van der Waals surface area (Å²) in [6, 6.07) is 13.7. The number of carbonyl (C=O) groups excluding carboxylic acids is 1. The summed E-state index contributed by atoms with van der Waals surface area (Å²) < 4.78 is 38.4. The van der Waals surface area contributed by atoms with Crippen LogP contribution in [0.15, 0.2) is 57.9 Å². The number of hydrogen-bond acceptors (Lipinski definition) is 6. The van der Waals surface area contributed by atoms with Gasteiger partial charge in [-0.3, -0.25) is 4.79 Å². The quantitative estimate of drug-likeness (QED) is 0.492. The van der Waals surface area contributed by atoms with Gasteiger partial charge in [0.2, 0.25) is 15.9 Å². The van der Waals surface area contributed by atoms with E-state index in [1.54, 1.807) is 50.5 Å². The van der Waals surface area contributed by atoms with E-state index in [0.717, 1.165) is 24.0 Å². The van der Waals surface area contributed by atoms with Gasteiger partial charge in [-0.2, -0.15) is 0 Å². The van der Waals surface area contributed by atoms with Crippen molar-refractivity contribution in [2.24, 2.45) is 5.92 Å². The summed E-state index contributed by atoms with van der Waals surface area (Å²) in [5, 5.41) is 6.81. The third kappa shape index (κ3) is 5.68. The molecule has 1 aliphatic rings. The Labute approximate surface area is 192 Å². The second-order valence-electron chi connectivity index (χ2n) is 7.85. The molecular formula is C24H25N3O5S. The zero-order valence-electron chi connectivity index (χ0n) is 18.4. The fourth-order valence-electron chi connectivity index (χ4n) is 3.20. The molecular weight excluding hydrogens is 442 g/mol. The topological polar surface area (TPSA) is 111 Å². The Bertz CT molecular complexity index is 1280. The maximum absolute atomic E-state index is 12.6. The smallest absolute Gasteiger partial charge is 0.240 e. The highest BCUT2D eigenvalue weighted by Gasteiger charge is 2.30. The van der Waals surface area contributed by atoms with E-state index in [1.807, 2.05) is 12.1 Å². The van der Waals surface area contributed by atoms with Crippen LogP contribution in [-0.2, 0) is 21.4 Å². The number of rotatable bonds is 9. The van der Waals surface area contributed by atoms with Crippen molar-refractivity contribution in [2.75, 3.05) is 12.4 Å². The first kappa shape index (κ1) is 22.8. The molecule has 1 fully saturated rings. The van der Waals surface area contributed by atoms with E-state index in [2.05, 4.69) is 15.2 Å². The van der Waals surface area contributed by atoms with E-state index in [4.69, 9.17) is 9.26 Å². The third-order valence-corrected chi connectivity index (χ3v) is 6.72. The number of nitrogens with zero attached hydrogens (tertiary/aromatic N) is 1. The van der Waals surface area contributed by atoms with Crippen molar-refractivity contribution in [1.82, 2.24) is 9.88 Å². The van der Waals surface area contributed by atoms with Crippen LogP contribution < -0.4 is 14.8 Å². The number of anilines is 1. The van der Waals surface area contributed by atoms with Crippen LogP contribution in [0.25, 0.3) is 12.2 Å². The summed E-state index contributed by atoms with van der Waals surface area (Å²) >= 11 is 0. The number of aryl methyl sites for hydroxylation is 1. The van der Waals surface area contributed by atoms with Gasteiger partial charge in [0.25, 0.3) is 0 Å². The highest BCUT2D eigenvalue weighted by molar-refractivity contribution is 7.89. The lowest BCUT2D eigenvalue weighted by molar-refractivity contribution is -0.117. The van der Waals surface area contributed by atoms with E-state index in [1.165, 1.54) is 12.1 Å². The van der Waals surface area contributed by atoms with E-state index >= 15 is 0 Å². The molecule has 0 aliphatic heterocycles. The molecule has 1 saturated carbocycles. The van der Waals surface area contributed by atoms with Crippen molar-refractivity contribution in [3.05, 3.63) is 71.1 Å². The summed E-state index contributed by atoms with van der Waals surface area (Å²) in [6.07, 6.45) is 5.29. The molecule has 0 bridgehead atoms. The lowest BCUT2D eigenvalue weighted by atomic mass is 10.2. The SMILES string of the molecule is COc1cccc(CNS(=O)(=O)c2ccc(/C=C\c3onc(C)c3NC(=O)C3CC3)cc2)c1. The average molecular weight is 468 g/mol. The van der Waals surface area contributed by atoms with Crippen molar-refractivity contribution in [3.63, 3.8) is 0 Å². The van der Waals surface area contributed by atoms with Crippen LogP contribution in [0.1, 0.15) is 35.4 Å². The molecule has 0 atom stereocenters. The first-order chi connectivity index (χ1) is 15.9. The summed E-state index contributed by atoms with van der Waals surface area (Å²) in [7, 11) is -2.11. The zero-order chi connectivity index (χ0) is 23.4. The Morgan fingerprint density at radius 2 is 1.94 bits per heavy atom. The van der Waals surface area contributed by atoms with Gasteiger partial charge in [-0.25, -0.2) is 13.1 Å². The lowest BCUT2D eigenvalue weighted by Crippen LogP contribution is -2.23. The zero-order valence-corrected chi connectivity index (χ0v) is 19.2. The monoisotopic (exact) mass is 467 g/mol. The Morgan fingerprint density at radius 3 is 2.64 bits per heavy atom. The van der Waals surface area contributed by atoms with Crippen LogP contribution in [0.4, 0.5) is 5.69 Å². The van der Waals surface area contributed by atoms with Gasteiger partial charge in [0.1, 0.15) is 17.1 Å². The standard InChI is InChI=1S/C24H25N3O5S/c1-16-23(26-24(28)19-9-10-19)22(32-27-16)13-8-17-6-11-21(12-7-17)33(29,30)25-15-18-4-3-5-20(14-18)31-2/h3-8,11-14,19,25H,9-10,15H2,1-2H3,(H,26,28)/b13-8-. The summed E-state index contributed by atoms with van der Waals surface area (Å²) in [5.41, 5.74) is 2.73. The number of sulfonamides is 1. The maximum Gasteiger partial charge on any atom is 0.240 e. The van der Waals surface area contributed by atoms with Crippen molar-refractivity contribution in [1.29, 1.82) is 0 Å². The Balaban J connectivity index is 1.41. The van der Waals surface area contributed by atoms with E-state index in [-0.39, 0.29) is 23.3 Å². The van der Waals surface area contributed by atoms with Crippen molar-refractivity contribution >= 4 is 33.8 Å². The van der Waals surface area contributed by atoms with Gasteiger partial charge in [-0.05, 0) is 61.2 Å². The number of aromatic nitrogens is 1. The third-order valence-electron chi connectivity index (χ3n) is 5.30. The van der Waals surface area contributed by atoms with Gasteiger partial charge >= 0.3 is 0 Å². The average Bonchev–Trinajstić information content (AvgIpc) is 3.62. The predicted octanol–water partition coefficient (Wildman–Crippen LogP) is 3.99. The molecule has 9 heteroatoms.